The molecule has 2 aromatic rings. The second-order valence-corrected chi connectivity index (χ2v) is 9.14. The average molecular weight is 537 g/mol. The molecule has 0 aliphatic carbocycles. The van der Waals surface area contributed by atoms with Crippen molar-refractivity contribution >= 4 is 78.3 Å². The van der Waals surface area contributed by atoms with Crippen molar-refractivity contribution in [1.29, 1.82) is 0 Å². The summed E-state index contributed by atoms with van der Waals surface area (Å²) in [6.07, 6.45) is 0. The predicted molar refractivity (Wildman–Crippen MR) is 119 cm³/mol. The SMILES string of the molecule is CC(=O)Nc1c(Cl)cc(C(C)(C)c2cc(Cl)c(NC(C)=O)c(Br)c2)cc1Br. The number of rotatable bonds is 4. The molecule has 0 fully saturated rings. The fraction of sp³-hybridized carbons (Fsp3) is 0.263. The van der Waals surface area contributed by atoms with E-state index in [0.717, 1.165) is 11.1 Å². The molecule has 0 unspecified atom stereocenters. The first-order chi connectivity index (χ1) is 12.4. The van der Waals surface area contributed by atoms with Crippen molar-refractivity contribution in [3.63, 3.8) is 0 Å². The van der Waals surface area contributed by atoms with Gasteiger partial charge in [0, 0.05) is 28.2 Å². The molecule has 2 N–H and O–H groups in total. The molecule has 0 saturated carbocycles. The van der Waals surface area contributed by atoms with E-state index >= 15 is 0 Å². The van der Waals surface area contributed by atoms with Crippen LogP contribution in [0.3, 0.4) is 0 Å². The maximum absolute atomic E-state index is 11.4. The minimum absolute atomic E-state index is 0.200. The molecule has 0 bridgehead atoms. The first-order valence-corrected chi connectivity index (χ1v) is 10.3. The number of carbonyl (C=O) groups excluding carboxylic acids is 2. The lowest BCUT2D eigenvalue weighted by Gasteiger charge is -2.28. The Balaban J connectivity index is 2.53. The molecular formula is C19H18Br2Cl2N2O2. The van der Waals surface area contributed by atoms with Crippen LogP contribution in [0.15, 0.2) is 33.2 Å². The van der Waals surface area contributed by atoms with E-state index in [0.29, 0.717) is 30.4 Å². The summed E-state index contributed by atoms with van der Waals surface area (Å²) in [5.41, 5.74) is 2.49. The zero-order chi connectivity index (χ0) is 20.5. The normalized spacial score (nSPS) is 11.3. The highest BCUT2D eigenvalue weighted by Crippen LogP contribution is 2.42. The zero-order valence-electron chi connectivity index (χ0n) is 15.1. The molecule has 2 aromatic carbocycles. The van der Waals surface area contributed by atoms with E-state index < -0.39 is 5.41 Å². The van der Waals surface area contributed by atoms with E-state index in [1.54, 1.807) is 0 Å². The highest BCUT2D eigenvalue weighted by molar-refractivity contribution is 9.11. The molecule has 0 radical (unpaired) electrons. The van der Waals surface area contributed by atoms with Gasteiger partial charge in [-0.3, -0.25) is 9.59 Å². The van der Waals surface area contributed by atoms with Crippen LogP contribution in [0.5, 0.6) is 0 Å². The van der Waals surface area contributed by atoms with Crippen molar-refractivity contribution in [3.8, 4) is 0 Å². The van der Waals surface area contributed by atoms with Crippen LogP contribution in [0, 0.1) is 0 Å². The Bertz CT molecular complexity index is 810. The lowest BCUT2D eigenvalue weighted by molar-refractivity contribution is -0.115. The molecule has 8 heteroatoms. The van der Waals surface area contributed by atoms with Crippen LogP contribution in [0.1, 0.15) is 38.8 Å². The molecule has 0 spiro atoms. The lowest BCUT2D eigenvalue weighted by Crippen LogP contribution is -2.20. The Morgan fingerprint density at radius 2 is 1.15 bits per heavy atom. The topological polar surface area (TPSA) is 58.2 Å². The highest BCUT2D eigenvalue weighted by Gasteiger charge is 2.27. The van der Waals surface area contributed by atoms with Crippen LogP contribution in [0.4, 0.5) is 11.4 Å². The van der Waals surface area contributed by atoms with Gasteiger partial charge in [-0.2, -0.15) is 0 Å². The van der Waals surface area contributed by atoms with Gasteiger partial charge in [0.25, 0.3) is 0 Å². The van der Waals surface area contributed by atoms with Crippen LogP contribution in [0.25, 0.3) is 0 Å². The molecule has 0 aromatic heterocycles. The van der Waals surface area contributed by atoms with Crippen molar-refractivity contribution in [1.82, 2.24) is 0 Å². The van der Waals surface area contributed by atoms with Gasteiger partial charge in [-0.05, 0) is 67.3 Å². The Labute approximate surface area is 185 Å². The van der Waals surface area contributed by atoms with E-state index in [1.807, 2.05) is 38.1 Å². The molecule has 0 atom stereocenters. The molecule has 2 rings (SSSR count). The van der Waals surface area contributed by atoms with Gasteiger partial charge in [-0.1, -0.05) is 37.0 Å². The molecule has 144 valence electrons. The molecule has 0 heterocycles. The number of amides is 2. The number of hydrogen-bond donors (Lipinski definition) is 2. The fourth-order valence-electron chi connectivity index (χ4n) is 2.63. The second-order valence-electron chi connectivity index (χ2n) is 6.62. The minimum atomic E-state index is -0.443. The van der Waals surface area contributed by atoms with Gasteiger partial charge in [0.2, 0.25) is 11.8 Å². The molecule has 2 amide bonds. The van der Waals surface area contributed by atoms with E-state index in [1.165, 1.54) is 13.8 Å². The summed E-state index contributed by atoms with van der Waals surface area (Å²) in [7, 11) is 0. The quantitative estimate of drug-likeness (QED) is 0.453. The van der Waals surface area contributed by atoms with E-state index in [-0.39, 0.29) is 11.8 Å². The fourth-order valence-corrected chi connectivity index (χ4v) is 4.51. The number of benzene rings is 2. The molecule has 27 heavy (non-hydrogen) atoms. The van der Waals surface area contributed by atoms with Crippen molar-refractivity contribution in [2.75, 3.05) is 10.6 Å². The number of nitrogens with one attached hydrogen (secondary N) is 2. The van der Waals surface area contributed by atoms with Gasteiger partial charge < -0.3 is 10.6 Å². The van der Waals surface area contributed by atoms with Crippen LogP contribution in [-0.2, 0) is 15.0 Å². The van der Waals surface area contributed by atoms with Crippen molar-refractivity contribution in [3.05, 3.63) is 54.4 Å². The Morgan fingerprint density at radius 1 is 0.815 bits per heavy atom. The Kier molecular flexibility index (Phi) is 7.01. The molecular weight excluding hydrogens is 519 g/mol. The van der Waals surface area contributed by atoms with Gasteiger partial charge in [0.15, 0.2) is 0 Å². The highest BCUT2D eigenvalue weighted by atomic mass is 79.9. The summed E-state index contributed by atoms with van der Waals surface area (Å²) in [6.45, 7) is 6.94. The van der Waals surface area contributed by atoms with Gasteiger partial charge in [-0.25, -0.2) is 0 Å². The third-order valence-corrected chi connectivity index (χ3v) is 5.98. The summed E-state index contributed by atoms with van der Waals surface area (Å²) in [6, 6.07) is 7.48. The summed E-state index contributed by atoms with van der Waals surface area (Å²) < 4.78 is 1.38. The van der Waals surface area contributed by atoms with E-state index in [9.17, 15) is 9.59 Å². The molecule has 4 nitrogen and oxygen atoms in total. The Morgan fingerprint density at radius 3 is 1.41 bits per heavy atom. The number of hydrogen-bond acceptors (Lipinski definition) is 2. The monoisotopic (exact) mass is 534 g/mol. The van der Waals surface area contributed by atoms with Crippen LogP contribution in [0.2, 0.25) is 10.0 Å². The standard InChI is InChI=1S/C19H18Br2Cl2N2O2/c1-9(26)24-17-13(20)5-11(7-15(17)22)19(3,4)12-6-14(21)18(16(23)8-12)25-10(2)27/h5-8H,1-4H3,(H,24,26)(H,25,27). The van der Waals surface area contributed by atoms with Crippen molar-refractivity contribution < 1.29 is 9.59 Å². The largest absolute Gasteiger partial charge is 0.324 e. The third kappa shape index (κ3) is 5.05. The minimum Gasteiger partial charge on any atom is -0.324 e. The van der Waals surface area contributed by atoms with Crippen LogP contribution in [-0.4, -0.2) is 11.8 Å². The molecule has 0 aliphatic rings. The summed E-state index contributed by atoms with van der Waals surface area (Å²) in [4.78, 5) is 22.7. The van der Waals surface area contributed by atoms with Gasteiger partial charge in [-0.15, -0.1) is 0 Å². The first-order valence-electron chi connectivity index (χ1n) is 7.97. The average Bonchev–Trinajstić information content (AvgIpc) is 2.53. The number of carbonyl (C=O) groups is 2. The van der Waals surface area contributed by atoms with Crippen molar-refractivity contribution in [2.45, 2.75) is 33.1 Å². The summed E-state index contributed by atoms with van der Waals surface area (Å²) >= 11 is 19.7. The second kappa shape index (κ2) is 8.52. The lowest BCUT2D eigenvalue weighted by atomic mass is 9.78. The molecule has 0 saturated heterocycles. The van der Waals surface area contributed by atoms with Crippen LogP contribution < -0.4 is 10.6 Å². The van der Waals surface area contributed by atoms with Crippen molar-refractivity contribution in [2.24, 2.45) is 0 Å². The zero-order valence-corrected chi connectivity index (χ0v) is 19.8. The summed E-state index contributed by atoms with van der Waals surface area (Å²) in [5.74, 6) is -0.400. The third-order valence-electron chi connectivity index (χ3n) is 4.13. The number of halogens is 4. The van der Waals surface area contributed by atoms with Gasteiger partial charge >= 0.3 is 0 Å². The maximum Gasteiger partial charge on any atom is 0.221 e. The van der Waals surface area contributed by atoms with Gasteiger partial charge in [0.1, 0.15) is 0 Å². The molecule has 0 aliphatic heterocycles. The smallest absolute Gasteiger partial charge is 0.221 e. The van der Waals surface area contributed by atoms with Gasteiger partial charge in [0.05, 0.1) is 21.4 Å². The van der Waals surface area contributed by atoms with E-state index in [4.69, 9.17) is 23.2 Å². The number of anilines is 2. The van der Waals surface area contributed by atoms with Crippen LogP contribution >= 0.6 is 55.1 Å². The maximum atomic E-state index is 11.4. The first kappa shape index (κ1) is 22.2. The predicted octanol–water partition coefficient (Wildman–Crippen LogP) is 6.76. The Hall–Kier alpha value is -1.08. The summed E-state index contributed by atoms with van der Waals surface area (Å²) in [5, 5.41) is 6.30. The van der Waals surface area contributed by atoms with E-state index in [2.05, 4.69) is 42.5 Å².